The predicted molar refractivity (Wildman–Crippen MR) is 71.2 cm³/mol. The Morgan fingerprint density at radius 2 is 2.12 bits per heavy atom. The Morgan fingerprint density at radius 3 is 2.94 bits per heavy atom. The predicted octanol–water partition coefficient (Wildman–Crippen LogP) is 4.17. The highest BCUT2D eigenvalue weighted by Crippen LogP contribution is 2.28. The molecule has 0 atom stereocenters. The van der Waals surface area contributed by atoms with E-state index in [0.717, 1.165) is 27.8 Å². The monoisotopic (exact) mass is 223 g/mol. The summed E-state index contributed by atoms with van der Waals surface area (Å²) in [7, 11) is 0. The summed E-state index contributed by atoms with van der Waals surface area (Å²) in [5.74, 6) is 0. The van der Waals surface area contributed by atoms with Crippen LogP contribution in [0.4, 0.5) is 0 Å². The fourth-order valence-electron chi connectivity index (χ4n) is 2.07. The molecule has 0 N–H and O–H groups in total. The van der Waals surface area contributed by atoms with Gasteiger partial charge in [-0.2, -0.15) is 0 Å². The molecule has 0 aliphatic carbocycles. The zero-order valence-electron chi connectivity index (χ0n) is 9.90. The van der Waals surface area contributed by atoms with Crippen molar-refractivity contribution in [2.75, 3.05) is 0 Å². The summed E-state index contributed by atoms with van der Waals surface area (Å²) < 4.78 is 5.50. The molecular weight excluding hydrogens is 210 g/mol. The van der Waals surface area contributed by atoms with E-state index in [9.17, 15) is 0 Å². The van der Waals surface area contributed by atoms with Crippen molar-refractivity contribution in [3.63, 3.8) is 0 Å². The van der Waals surface area contributed by atoms with Crippen molar-refractivity contribution < 1.29 is 4.42 Å². The Hall–Kier alpha value is -2.09. The van der Waals surface area contributed by atoms with E-state index in [1.165, 1.54) is 5.57 Å². The van der Waals surface area contributed by atoms with E-state index in [1.807, 2.05) is 18.3 Å². The minimum atomic E-state index is 0.915. The highest BCUT2D eigenvalue weighted by Gasteiger charge is 2.10. The Bertz CT molecular complexity index is 667. The topological polar surface area (TPSA) is 25.5 Å². The van der Waals surface area contributed by atoms with Crippen molar-refractivity contribution in [2.45, 2.75) is 13.8 Å². The molecule has 3 rings (SSSR count). The lowest BCUT2D eigenvalue weighted by molar-refractivity contribution is 0.615. The first kappa shape index (κ1) is 10.1. The summed E-state index contributed by atoms with van der Waals surface area (Å²) in [5.41, 5.74) is 5.35. The molecule has 17 heavy (non-hydrogen) atoms. The lowest BCUT2D eigenvalue weighted by Crippen LogP contribution is -1.77. The summed E-state index contributed by atoms with van der Waals surface area (Å²) in [4.78, 5) is 4.48. The maximum absolute atomic E-state index is 5.50. The number of hydrogen-bond donors (Lipinski definition) is 0. The van der Waals surface area contributed by atoms with Gasteiger partial charge in [0.2, 0.25) is 0 Å². The first-order valence-electron chi connectivity index (χ1n) is 5.65. The molecule has 84 valence electrons. The Kier molecular flexibility index (Phi) is 2.22. The van der Waals surface area contributed by atoms with Crippen LogP contribution in [0.3, 0.4) is 0 Å². The smallest absolute Gasteiger partial charge is 0.135 e. The molecule has 1 aliphatic rings. The lowest BCUT2D eigenvalue weighted by Gasteiger charge is -1.97. The molecule has 2 heteroatoms. The molecule has 0 unspecified atom stereocenters. The number of allylic oxidation sites excluding steroid dienone is 2. The average molecular weight is 223 g/mol. The van der Waals surface area contributed by atoms with Gasteiger partial charge in [0, 0.05) is 17.2 Å². The van der Waals surface area contributed by atoms with Gasteiger partial charge in [-0.25, -0.2) is 0 Å². The maximum atomic E-state index is 5.50. The molecule has 0 bridgehead atoms. The number of rotatable bonds is 1. The van der Waals surface area contributed by atoms with Gasteiger partial charge in [0.1, 0.15) is 11.8 Å². The van der Waals surface area contributed by atoms with Gasteiger partial charge >= 0.3 is 0 Å². The summed E-state index contributed by atoms with van der Waals surface area (Å²) in [5, 5.41) is 1.15. The molecule has 1 aliphatic heterocycles. The summed E-state index contributed by atoms with van der Waals surface area (Å²) in [6, 6.07) is 6.08. The van der Waals surface area contributed by atoms with Crippen LogP contribution >= 0.6 is 0 Å². The van der Waals surface area contributed by atoms with E-state index >= 15 is 0 Å². The van der Waals surface area contributed by atoms with Crippen LogP contribution < -0.4 is 0 Å². The molecule has 2 heterocycles. The SMILES string of the molecule is CC(C)=CC1=Cc2cccc3occ(c23)C=N1. The summed E-state index contributed by atoms with van der Waals surface area (Å²) >= 11 is 0. The van der Waals surface area contributed by atoms with E-state index in [1.54, 1.807) is 6.26 Å². The molecular formula is C15H13NO. The second kappa shape index (κ2) is 3.74. The Morgan fingerprint density at radius 1 is 1.24 bits per heavy atom. The van der Waals surface area contributed by atoms with Gasteiger partial charge in [0.15, 0.2) is 0 Å². The van der Waals surface area contributed by atoms with Crippen LogP contribution in [0, 0.1) is 0 Å². The first-order chi connectivity index (χ1) is 8.24. The van der Waals surface area contributed by atoms with Gasteiger partial charge < -0.3 is 4.42 Å². The zero-order valence-corrected chi connectivity index (χ0v) is 9.90. The van der Waals surface area contributed by atoms with Crippen LogP contribution in [0.25, 0.3) is 17.0 Å². The molecule has 2 aromatic rings. The van der Waals surface area contributed by atoms with Crippen LogP contribution in [-0.4, -0.2) is 6.21 Å². The van der Waals surface area contributed by atoms with Crippen molar-refractivity contribution in [3.8, 4) is 0 Å². The van der Waals surface area contributed by atoms with Crippen LogP contribution in [-0.2, 0) is 0 Å². The third-order valence-electron chi connectivity index (χ3n) is 2.75. The molecule has 0 saturated heterocycles. The van der Waals surface area contributed by atoms with Gasteiger partial charge in [-0.15, -0.1) is 0 Å². The molecule has 0 saturated carbocycles. The normalized spacial score (nSPS) is 13.4. The van der Waals surface area contributed by atoms with E-state index in [-0.39, 0.29) is 0 Å². The molecule has 0 amide bonds. The van der Waals surface area contributed by atoms with Gasteiger partial charge in [0.05, 0.1) is 5.70 Å². The van der Waals surface area contributed by atoms with Crippen molar-refractivity contribution in [1.82, 2.24) is 0 Å². The first-order valence-corrected chi connectivity index (χ1v) is 5.65. The van der Waals surface area contributed by atoms with E-state index < -0.39 is 0 Å². The van der Waals surface area contributed by atoms with Crippen molar-refractivity contribution >= 4 is 23.3 Å². The standard InChI is InChI=1S/C15H13NO/c1-10(2)6-13-7-11-4-3-5-14-15(11)12(8-16-13)9-17-14/h3-9H,1-2H3. The fourth-order valence-corrected chi connectivity index (χ4v) is 2.07. The Balaban J connectivity index is 2.27. The van der Waals surface area contributed by atoms with E-state index in [0.29, 0.717) is 0 Å². The van der Waals surface area contributed by atoms with Crippen LogP contribution in [0.15, 0.2) is 51.2 Å². The fraction of sp³-hybridized carbons (Fsp3) is 0.133. The van der Waals surface area contributed by atoms with Crippen LogP contribution in [0.5, 0.6) is 0 Å². The van der Waals surface area contributed by atoms with Gasteiger partial charge in [-0.1, -0.05) is 17.7 Å². The minimum absolute atomic E-state index is 0.915. The highest BCUT2D eigenvalue weighted by atomic mass is 16.3. The van der Waals surface area contributed by atoms with E-state index in [2.05, 4.69) is 37.1 Å². The third kappa shape index (κ3) is 1.72. The van der Waals surface area contributed by atoms with Crippen LogP contribution in [0.1, 0.15) is 25.0 Å². The molecule has 0 fully saturated rings. The highest BCUT2D eigenvalue weighted by molar-refractivity contribution is 6.04. The molecule has 0 radical (unpaired) electrons. The van der Waals surface area contributed by atoms with Gasteiger partial charge in [-0.05, 0) is 37.6 Å². The second-order valence-corrected chi connectivity index (χ2v) is 4.46. The number of benzene rings is 1. The Labute approximate surface area is 100.0 Å². The molecule has 2 nitrogen and oxygen atoms in total. The zero-order chi connectivity index (χ0) is 11.8. The average Bonchev–Trinajstić information content (AvgIpc) is 2.61. The minimum Gasteiger partial charge on any atom is -0.464 e. The third-order valence-corrected chi connectivity index (χ3v) is 2.75. The number of nitrogens with zero attached hydrogens (tertiary/aromatic N) is 1. The molecule has 1 aromatic heterocycles. The number of hydrogen-bond acceptors (Lipinski definition) is 2. The maximum Gasteiger partial charge on any atom is 0.135 e. The summed E-state index contributed by atoms with van der Waals surface area (Å²) in [6.07, 6.45) is 7.81. The van der Waals surface area contributed by atoms with Gasteiger partial charge in [-0.3, -0.25) is 4.99 Å². The molecule has 0 spiro atoms. The number of furan rings is 1. The van der Waals surface area contributed by atoms with Crippen molar-refractivity contribution in [1.29, 1.82) is 0 Å². The van der Waals surface area contributed by atoms with Crippen molar-refractivity contribution in [2.24, 2.45) is 4.99 Å². The lowest BCUT2D eigenvalue weighted by atomic mass is 10.1. The van der Waals surface area contributed by atoms with Gasteiger partial charge in [0.25, 0.3) is 0 Å². The van der Waals surface area contributed by atoms with Crippen molar-refractivity contribution in [3.05, 3.63) is 52.9 Å². The largest absolute Gasteiger partial charge is 0.464 e. The quantitative estimate of drug-likeness (QED) is 0.712. The second-order valence-electron chi connectivity index (χ2n) is 4.46. The molecule has 1 aromatic carbocycles. The van der Waals surface area contributed by atoms with E-state index in [4.69, 9.17) is 4.42 Å². The summed E-state index contributed by atoms with van der Waals surface area (Å²) in [6.45, 7) is 4.15. The van der Waals surface area contributed by atoms with Crippen LogP contribution in [0.2, 0.25) is 0 Å². The number of aliphatic imine (C=N–C) groups is 1.